The fourth-order valence-electron chi connectivity index (χ4n) is 1.80. The smallest absolute Gasteiger partial charge is 0.126 e. The SMILES string of the molecule is N#Cc1cc(Br)ccc1NCCc1ccccc1F. The van der Waals surface area contributed by atoms with Crippen molar-refractivity contribution >= 4 is 21.6 Å². The van der Waals surface area contributed by atoms with E-state index >= 15 is 0 Å². The van der Waals surface area contributed by atoms with Gasteiger partial charge in [0.15, 0.2) is 0 Å². The number of nitrogens with one attached hydrogen (secondary N) is 1. The maximum Gasteiger partial charge on any atom is 0.126 e. The van der Waals surface area contributed by atoms with Gasteiger partial charge in [-0.2, -0.15) is 5.26 Å². The molecular weight excluding hydrogens is 307 g/mol. The zero-order valence-electron chi connectivity index (χ0n) is 10.2. The Morgan fingerprint density at radius 3 is 2.74 bits per heavy atom. The van der Waals surface area contributed by atoms with E-state index in [1.54, 1.807) is 18.2 Å². The maximum atomic E-state index is 13.4. The molecule has 0 bridgehead atoms. The number of halogens is 2. The molecule has 0 aliphatic heterocycles. The van der Waals surface area contributed by atoms with Crippen molar-refractivity contribution in [2.24, 2.45) is 0 Å². The van der Waals surface area contributed by atoms with Gasteiger partial charge in [0, 0.05) is 11.0 Å². The Kier molecular flexibility index (Phi) is 4.53. The van der Waals surface area contributed by atoms with Gasteiger partial charge in [0.2, 0.25) is 0 Å². The van der Waals surface area contributed by atoms with Crippen molar-refractivity contribution in [3.05, 3.63) is 63.9 Å². The van der Waals surface area contributed by atoms with Crippen LogP contribution in [-0.2, 0) is 6.42 Å². The van der Waals surface area contributed by atoms with Crippen LogP contribution in [0.1, 0.15) is 11.1 Å². The molecule has 0 aromatic heterocycles. The summed E-state index contributed by atoms with van der Waals surface area (Å²) in [6.45, 7) is 0.581. The quantitative estimate of drug-likeness (QED) is 0.920. The van der Waals surface area contributed by atoms with Crippen molar-refractivity contribution in [3.8, 4) is 6.07 Å². The number of rotatable bonds is 4. The normalized spacial score (nSPS) is 9.95. The highest BCUT2D eigenvalue weighted by atomic mass is 79.9. The number of nitriles is 1. The van der Waals surface area contributed by atoms with E-state index in [4.69, 9.17) is 5.26 Å². The maximum absolute atomic E-state index is 13.4. The molecule has 0 fully saturated rings. The molecule has 1 N–H and O–H groups in total. The topological polar surface area (TPSA) is 35.8 Å². The average molecular weight is 319 g/mol. The minimum atomic E-state index is -0.194. The van der Waals surface area contributed by atoms with E-state index in [0.29, 0.717) is 24.1 Å². The minimum absolute atomic E-state index is 0.194. The predicted molar refractivity (Wildman–Crippen MR) is 77.5 cm³/mol. The Labute approximate surface area is 120 Å². The standard InChI is InChI=1S/C15H12BrFN2/c16-13-5-6-15(12(9-13)10-18)19-8-7-11-3-1-2-4-14(11)17/h1-6,9,19H,7-8H2. The summed E-state index contributed by atoms with van der Waals surface area (Å²) in [5, 5.41) is 12.2. The molecule has 0 atom stereocenters. The molecule has 2 aromatic rings. The molecule has 0 spiro atoms. The minimum Gasteiger partial charge on any atom is -0.384 e. The second-order valence-corrected chi connectivity index (χ2v) is 4.99. The van der Waals surface area contributed by atoms with E-state index in [1.165, 1.54) is 6.07 Å². The van der Waals surface area contributed by atoms with E-state index in [-0.39, 0.29) is 5.82 Å². The molecule has 0 amide bonds. The monoisotopic (exact) mass is 318 g/mol. The van der Waals surface area contributed by atoms with Crippen LogP contribution in [-0.4, -0.2) is 6.54 Å². The van der Waals surface area contributed by atoms with Gasteiger partial charge in [-0.1, -0.05) is 34.1 Å². The molecule has 0 aliphatic rings. The Morgan fingerprint density at radius 1 is 1.21 bits per heavy atom. The van der Waals surface area contributed by atoms with Crippen LogP contribution in [0.15, 0.2) is 46.9 Å². The lowest BCUT2D eigenvalue weighted by molar-refractivity contribution is 0.610. The molecule has 0 aliphatic carbocycles. The molecule has 0 radical (unpaired) electrons. The Hall–Kier alpha value is -1.86. The van der Waals surface area contributed by atoms with Crippen molar-refractivity contribution in [1.82, 2.24) is 0 Å². The molecule has 2 rings (SSSR count). The fourth-order valence-corrected chi connectivity index (χ4v) is 2.16. The summed E-state index contributed by atoms with van der Waals surface area (Å²) in [5.41, 5.74) is 2.01. The lowest BCUT2D eigenvalue weighted by Gasteiger charge is -2.09. The Balaban J connectivity index is 2.01. The van der Waals surface area contributed by atoms with Gasteiger partial charge >= 0.3 is 0 Å². The summed E-state index contributed by atoms with van der Waals surface area (Å²) in [7, 11) is 0. The van der Waals surface area contributed by atoms with Crippen LogP contribution in [0.25, 0.3) is 0 Å². The summed E-state index contributed by atoms with van der Waals surface area (Å²) in [5.74, 6) is -0.194. The van der Waals surface area contributed by atoms with Gasteiger partial charge in [0.25, 0.3) is 0 Å². The van der Waals surface area contributed by atoms with Crippen LogP contribution in [0.5, 0.6) is 0 Å². The van der Waals surface area contributed by atoms with Crippen molar-refractivity contribution in [2.45, 2.75) is 6.42 Å². The highest BCUT2D eigenvalue weighted by Crippen LogP contribution is 2.20. The highest BCUT2D eigenvalue weighted by molar-refractivity contribution is 9.10. The second-order valence-electron chi connectivity index (χ2n) is 4.07. The van der Waals surface area contributed by atoms with Crippen LogP contribution >= 0.6 is 15.9 Å². The number of benzene rings is 2. The van der Waals surface area contributed by atoms with E-state index in [9.17, 15) is 4.39 Å². The molecule has 96 valence electrons. The van der Waals surface area contributed by atoms with E-state index in [2.05, 4.69) is 27.3 Å². The van der Waals surface area contributed by atoms with Crippen LogP contribution in [0.3, 0.4) is 0 Å². The molecule has 4 heteroatoms. The molecule has 2 nitrogen and oxygen atoms in total. The van der Waals surface area contributed by atoms with E-state index in [0.717, 1.165) is 10.2 Å². The molecule has 0 unspecified atom stereocenters. The summed E-state index contributed by atoms with van der Waals surface area (Å²) in [4.78, 5) is 0. The van der Waals surface area contributed by atoms with Gasteiger partial charge in [-0.3, -0.25) is 0 Å². The first kappa shape index (κ1) is 13.6. The zero-order valence-corrected chi connectivity index (χ0v) is 11.7. The van der Waals surface area contributed by atoms with Crippen molar-refractivity contribution in [3.63, 3.8) is 0 Å². The van der Waals surface area contributed by atoms with Crippen LogP contribution in [0.2, 0.25) is 0 Å². The van der Waals surface area contributed by atoms with Crippen LogP contribution < -0.4 is 5.32 Å². The first-order chi connectivity index (χ1) is 9.20. The Bertz CT molecular complexity index is 620. The molecule has 2 aromatic carbocycles. The van der Waals surface area contributed by atoms with Crippen LogP contribution in [0, 0.1) is 17.1 Å². The van der Waals surface area contributed by atoms with Gasteiger partial charge in [0.05, 0.1) is 11.3 Å². The van der Waals surface area contributed by atoms with Crippen molar-refractivity contribution < 1.29 is 4.39 Å². The van der Waals surface area contributed by atoms with E-state index in [1.807, 2.05) is 18.2 Å². The summed E-state index contributed by atoms with van der Waals surface area (Å²) in [6, 6.07) is 14.3. The second kappa shape index (κ2) is 6.35. The lowest BCUT2D eigenvalue weighted by atomic mass is 10.1. The molecule has 0 heterocycles. The summed E-state index contributed by atoms with van der Waals surface area (Å²) < 4.78 is 14.3. The third-order valence-electron chi connectivity index (χ3n) is 2.77. The third kappa shape index (κ3) is 3.55. The molecular formula is C15H12BrFN2. The van der Waals surface area contributed by atoms with Gasteiger partial charge in [-0.15, -0.1) is 0 Å². The third-order valence-corrected chi connectivity index (χ3v) is 3.26. The van der Waals surface area contributed by atoms with Crippen molar-refractivity contribution in [2.75, 3.05) is 11.9 Å². The number of nitrogens with zero attached hydrogens (tertiary/aromatic N) is 1. The number of hydrogen-bond acceptors (Lipinski definition) is 2. The summed E-state index contributed by atoms with van der Waals surface area (Å²) >= 11 is 3.32. The predicted octanol–water partition coefficient (Wildman–Crippen LogP) is 4.11. The zero-order chi connectivity index (χ0) is 13.7. The fraction of sp³-hybridized carbons (Fsp3) is 0.133. The number of hydrogen-bond donors (Lipinski definition) is 1. The van der Waals surface area contributed by atoms with E-state index < -0.39 is 0 Å². The molecule has 0 saturated heterocycles. The number of anilines is 1. The average Bonchev–Trinajstić information content (AvgIpc) is 2.42. The van der Waals surface area contributed by atoms with Gasteiger partial charge in [0.1, 0.15) is 11.9 Å². The molecule has 0 saturated carbocycles. The van der Waals surface area contributed by atoms with Crippen molar-refractivity contribution in [1.29, 1.82) is 5.26 Å². The first-order valence-electron chi connectivity index (χ1n) is 5.87. The molecule has 19 heavy (non-hydrogen) atoms. The van der Waals surface area contributed by atoms with Gasteiger partial charge in [-0.05, 0) is 36.2 Å². The largest absolute Gasteiger partial charge is 0.384 e. The lowest BCUT2D eigenvalue weighted by Crippen LogP contribution is -2.07. The first-order valence-corrected chi connectivity index (χ1v) is 6.67. The Morgan fingerprint density at radius 2 is 2.00 bits per heavy atom. The van der Waals surface area contributed by atoms with Crippen LogP contribution in [0.4, 0.5) is 10.1 Å². The highest BCUT2D eigenvalue weighted by Gasteiger charge is 2.03. The summed E-state index contributed by atoms with van der Waals surface area (Å²) in [6.07, 6.45) is 0.577. The van der Waals surface area contributed by atoms with Gasteiger partial charge < -0.3 is 5.32 Å². The van der Waals surface area contributed by atoms with Gasteiger partial charge in [-0.25, -0.2) is 4.39 Å².